The Labute approximate surface area is 118 Å². The van der Waals surface area contributed by atoms with Crippen LogP contribution in [0.15, 0.2) is 42.5 Å². The highest BCUT2D eigenvalue weighted by atomic mass is 19.1. The van der Waals surface area contributed by atoms with E-state index in [1.807, 2.05) is 23.1 Å². The molecule has 0 aliphatic carbocycles. The number of fused-ring (bicyclic) bond motifs is 1. The zero-order valence-electron chi connectivity index (χ0n) is 11.5. The first-order chi connectivity index (χ1) is 9.66. The van der Waals surface area contributed by atoms with Crippen molar-refractivity contribution in [3.63, 3.8) is 0 Å². The lowest BCUT2D eigenvalue weighted by atomic mass is 10.0. The predicted octanol–water partition coefficient (Wildman–Crippen LogP) is 3.96. The van der Waals surface area contributed by atoms with Crippen LogP contribution in [0.5, 0.6) is 0 Å². The van der Waals surface area contributed by atoms with Gasteiger partial charge in [-0.15, -0.1) is 0 Å². The molecule has 0 radical (unpaired) electrons. The van der Waals surface area contributed by atoms with Crippen molar-refractivity contribution in [1.82, 2.24) is 0 Å². The monoisotopic (exact) mass is 271 g/mol. The maximum absolute atomic E-state index is 14.3. The van der Waals surface area contributed by atoms with Crippen LogP contribution in [0.25, 0.3) is 0 Å². The molecule has 0 saturated heterocycles. The average molecular weight is 271 g/mol. The van der Waals surface area contributed by atoms with Gasteiger partial charge in [-0.1, -0.05) is 24.3 Å². The van der Waals surface area contributed by atoms with Crippen molar-refractivity contribution < 1.29 is 9.50 Å². The molecule has 1 N–H and O–H groups in total. The number of hydrogen-bond acceptors (Lipinski definition) is 2. The van der Waals surface area contributed by atoms with Gasteiger partial charge < -0.3 is 10.0 Å². The van der Waals surface area contributed by atoms with Crippen molar-refractivity contribution >= 4 is 11.4 Å². The minimum atomic E-state index is -0.646. The minimum absolute atomic E-state index is 0.278. The van der Waals surface area contributed by atoms with Gasteiger partial charge in [0.2, 0.25) is 0 Å². The van der Waals surface area contributed by atoms with E-state index in [9.17, 15) is 9.50 Å². The Morgan fingerprint density at radius 3 is 2.70 bits per heavy atom. The zero-order chi connectivity index (χ0) is 14.1. The number of aliphatic hydroxyl groups excluding tert-OH is 1. The second-order valence-electron chi connectivity index (χ2n) is 5.27. The molecule has 1 unspecified atom stereocenters. The fourth-order valence-electron chi connectivity index (χ4n) is 2.79. The molecule has 0 fully saturated rings. The van der Waals surface area contributed by atoms with Crippen LogP contribution in [0.2, 0.25) is 0 Å². The molecule has 1 aliphatic rings. The molecule has 104 valence electrons. The van der Waals surface area contributed by atoms with Crippen LogP contribution in [-0.2, 0) is 6.42 Å². The fourth-order valence-corrected chi connectivity index (χ4v) is 2.79. The number of benzene rings is 2. The van der Waals surface area contributed by atoms with E-state index in [0.29, 0.717) is 11.3 Å². The minimum Gasteiger partial charge on any atom is -0.389 e. The first kappa shape index (κ1) is 13.1. The van der Waals surface area contributed by atoms with Crippen molar-refractivity contribution in [3.05, 3.63) is 59.4 Å². The number of hydrogen-bond donors (Lipinski definition) is 1. The van der Waals surface area contributed by atoms with E-state index < -0.39 is 6.10 Å². The molecule has 1 atom stereocenters. The second-order valence-corrected chi connectivity index (χ2v) is 5.27. The third-order valence-corrected chi connectivity index (χ3v) is 3.86. The summed E-state index contributed by atoms with van der Waals surface area (Å²) in [6.07, 6.45) is 1.42. The van der Waals surface area contributed by atoms with Crippen molar-refractivity contribution in [2.75, 3.05) is 11.4 Å². The smallest absolute Gasteiger partial charge is 0.147 e. The van der Waals surface area contributed by atoms with Gasteiger partial charge in [0.05, 0.1) is 11.8 Å². The van der Waals surface area contributed by atoms with Crippen molar-refractivity contribution in [1.29, 1.82) is 0 Å². The molecule has 20 heavy (non-hydrogen) atoms. The lowest BCUT2D eigenvalue weighted by Crippen LogP contribution is -2.25. The normalized spacial score (nSPS) is 15.8. The molecule has 2 nitrogen and oxygen atoms in total. The highest BCUT2D eigenvalue weighted by Gasteiger charge is 2.20. The SMILES string of the molecule is CC(O)c1ccc(N2CCCc3ccccc32)c(F)c1. The third-order valence-electron chi connectivity index (χ3n) is 3.86. The van der Waals surface area contributed by atoms with E-state index in [1.54, 1.807) is 19.1 Å². The number of anilines is 2. The first-order valence-electron chi connectivity index (χ1n) is 7.00. The Bertz CT molecular complexity index is 624. The van der Waals surface area contributed by atoms with Crippen LogP contribution in [-0.4, -0.2) is 11.7 Å². The van der Waals surface area contributed by atoms with Crippen molar-refractivity contribution in [2.24, 2.45) is 0 Å². The Kier molecular flexibility index (Phi) is 3.45. The first-order valence-corrected chi connectivity index (χ1v) is 7.00. The van der Waals surface area contributed by atoms with Crippen LogP contribution in [0.4, 0.5) is 15.8 Å². The number of rotatable bonds is 2. The second kappa shape index (κ2) is 5.25. The summed E-state index contributed by atoms with van der Waals surface area (Å²) in [6.45, 7) is 2.46. The molecule has 0 spiro atoms. The zero-order valence-corrected chi connectivity index (χ0v) is 11.5. The standard InChI is InChI=1S/C17H18FNO/c1-12(20)14-8-9-17(15(18)11-14)19-10-4-6-13-5-2-3-7-16(13)19/h2-3,5,7-9,11-12,20H,4,6,10H2,1H3. The molecule has 0 bridgehead atoms. The predicted molar refractivity (Wildman–Crippen MR) is 78.8 cm³/mol. The summed E-state index contributed by atoms with van der Waals surface area (Å²) >= 11 is 0. The molecule has 1 heterocycles. The lowest BCUT2D eigenvalue weighted by molar-refractivity contribution is 0.199. The van der Waals surface area contributed by atoms with Crippen LogP contribution in [0.3, 0.4) is 0 Å². The molecule has 2 aromatic carbocycles. The van der Waals surface area contributed by atoms with E-state index in [-0.39, 0.29) is 5.82 Å². The maximum Gasteiger partial charge on any atom is 0.147 e. The topological polar surface area (TPSA) is 23.5 Å². The van der Waals surface area contributed by atoms with Gasteiger partial charge in [-0.05, 0) is 49.1 Å². The molecular weight excluding hydrogens is 253 g/mol. The van der Waals surface area contributed by atoms with Crippen LogP contribution < -0.4 is 4.90 Å². The molecule has 1 aliphatic heterocycles. The number of aliphatic hydroxyl groups is 1. The Hall–Kier alpha value is -1.87. The summed E-state index contributed by atoms with van der Waals surface area (Å²) in [6, 6.07) is 13.1. The van der Waals surface area contributed by atoms with E-state index in [4.69, 9.17) is 0 Å². The summed E-state index contributed by atoms with van der Waals surface area (Å²) in [4.78, 5) is 2.03. The van der Waals surface area contributed by atoms with Gasteiger partial charge in [0, 0.05) is 12.2 Å². The number of halogens is 1. The summed E-state index contributed by atoms with van der Waals surface area (Å²) in [5, 5.41) is 9.53. The summed E-state index contributed by atoms with van der Waals surface area (Å²) < 4.78 is 14.3. The van der Waals surface area contributed by atoms with Crippen molar-refractivity contribution in [2.45, 2.75) is 25.9 Å². The van der Waals surface area contributed by atoms with Gasteiger partial charge in [-0.2, -0.15) is 0 Å². The van der Waals surface area contributed by atoms with E-state index in [1.165, 1.54) is 11.6 Å². The van der Waals surface area contributed by atoms with Crippen LogP contribution in [0.1, 0.15) is 30.6 Å². The van der Waals surface area contributed by atoms with E-state index >= 15 is 0 Å². The Morgan fingerprint density at radius 1 is 1.15 bits per heavy atom. The number of nitrogens with zero attached hydrogens (tertiary/aromatic N) is 1. The summed E-state index contributed by atoms with van der Waals surface area (Å²) in [5.74, 6) is -0.278. The van der Waals surface area contributed by atoms with E-state index in [0.717, 1.165) is 25.1 Å². The number of para-hydroxylation sites is 1. The lowest BCUT2D eigenvalue weighted by Gasteiger charge is -2.31. The fraction of sp³-hybridized carbons (Fsp3) is 0.294. The van der Waals surface area contributed by atoms with E-state index in [2.05, 4.69) is 6.07 Å². The number of aryl methyl sites for hydroxylation is 1. The summed E-state index contributed by atoms with van der Waals surface area (Å²) in [5.41, 5.74) is 3.54. The Morgan fingerprint density at radius 2 is 1.95 bits per heavy atom. The van der Waals surface area contributed by atoms with Crippen LogP contribution in [0, 0.1) is 5.82 Å². The molecule has 0 saturated carbocycles. The molecule has 0 amide bonds. The van der Waals surface area contributed by atoms with Gasteiger partial charge in [0.15, 0.2) is 0 Å². The molecule has 3 rings (SSSR count). The molecular formula is C17H18FNO. The van der Waals surface area contributed by atoms with Gasteiger partial charge in [0.1, 0.15) is 5.82 Å². The third kappa shape index (κ3) is 2.29. The molecule has 0 aromatic heterocycles. The van der Waals surface area contributed by atoms with Crippen molar-refractivity contribution in [3.8, 4) is 0 Å². The maximum atomic E-state index is 14.3. The Balaban J connectivity index is 2.02. The summed E-state index contributed by atoms with van der Waals surface area (Å²) in [7, 11) is 0. The van der Waals surface area contributed by atoms with Crippen LogP contribution >= 0.6 is 0 Å². The van der Waals surface area contributed by atoms with Gasteiger partial charge >= 0.3 is 0 Å². The largest absolute Gasteiger partial charge is 0.389 e. The highest BCUT2D eigenvalue weighted by molar-refractivity contribution is 5.68. The highest BCUT2D eigenvalue weighted by Crippen LogP contribution is 2.35. The van der Waals surface area contributed by atoms with Gasteiger partial charge in [-0.3, -0.25) is 0 Å². The molecule has 3 heteroatoms. The quantitative estimate of drug-likeness (QED) is 0.893. The van der Waals surface area contributed by atoms with Gasteiger partial charge in [-0.25, -0.2) is 4.39 Å². The molecule has 2 aromatic rings. The average Bonchev–Trinajstić information content (AvgIpc) is 2.46. The van der Waals surface area contributed by atoms with Gasteiger partial charge in [0.25, 0.3) is 0 Å².